The van der Waals surface area contributed by atoms with Crippen molar-refractivity contribution in [3.63, 3.8) is 0 Å². The summed E-state index contributed by atoms with van der Waals surface area (Å²) < 4.78 is 6.75. The van der Waals surface area contributed by atoms with Crippen LogP contribution in [-0.4, -0.2) is 17.1 Å². The van der Waals surface area contributed by atoms with Crippen molar-refractivity contribution in [2.45, 2.75) is 13.8 Å². The summed E-state index contributed by atoms with van der Waals surface area (Å²) in [6, 6.07) is 9.01. The van der Waals surface area contributed by atoms with Gasteiger partial charge in [-0.2, -0.15) is 0 Å². The first kappa shape index (κ1) is 13.5. The molecule has 2 aromatic rings. The van der Waals surface area contributed by atoms with Crippen molar-refractivity contribution in [2.24, 2.45) is 0 Å². The number of ether oxygens (including phenoxy) is 1. The summed E-state index contributed by atoms with van der Waals surface area (Å²) in [6.07, 6.45) is 0. The van der Waals surface area contributed by atoms with Gasteiger partial charge in [-0.15, -0.1) is 0 Å². The van der Waals surface area contributed by atoms with Gasteiger partial charge in [0.25, 0.3) is 0 Å². The number of nitrogens with zero attached hydrogens (tertiary/aromatic N) is 1. The quantitative estimate of drug-likeness (QED) is 0.877. The maximum atomic E-state index is 11.8. The second-order valence-electron chi connectivity index (χ2n) is 4.12. The third kappa shape index (κ3) is 2.58. The Labute approximate surface area is 116 Å². The van der Waals surface area contributed by atoms with Gasteiger partial charge in [-0.3, -0.25) is 0 Å². The van der Waals surface area contributed by atoms with Crippen molar-refractivity contribution in [1.82, 2.24) is 4.57 Å². The standard InChI is InChI=1S/C14H15ClN2O2/c1-3-19-14(18)12-7-9(2)17(13(12)16)11-6-4-5-10(15)8-11/h4-8H,3,16H2,1-2H3. The summed E-state index contributed by atoms with van der Waals surface area (Å²) >= 11 is 5.97. The molecule has 5 heteroatoms. The number of rotatable bonds is 3. The first-order valence-corrected chi connectivity index (χ1v) is 6.33. The zero-order chi connectivity index (χ0) is 14.0. The normalized spacial score (nSPS) is 10.5. The number of hydrogen-bond acceptors (Lipinski definition) is 3. The Morgan fingerprint density at radius 1 is 1.42 bits per heavy atom. The smallest absolute Gasteiger partial charge is 0.341 e. The van der Waals surface area contributed by atoms with Crippen molar-refractivity contribution < 1.29 is 9.53 Å². The van der Waals surface area contributed by atoms with E-state index in [-0.39, 0.29) is 0 Å². The maximum absolute atomic E-state index is 11.8. The lowest BCUT2D eigenvalue weighted by Crippen LogP contribution is -2.08. The molecule has 0 fully saturated rings. The van der Waals surface area contributed by atoms with Crippen LogP contribution >= 0.6 is 11.6 Å². The van der Waals surface area contributed by atoms with Gasteiger partial charge in [0, 0.05) is 16.4 Å². The van der Waals surface area contributed by atoms with Crippen LogP contribution in [0.1, 0.15) is 23.0 Å². The average Bonchev–Trinajstić information content (AvgIpc) is 2.65. The van der Waals surface area contributed by atoms with Crippen molar-refractivity contribution in [2.75, 3.05) is 12.3 Å². The molecule has 19 heavy (non-hydrogen) atoms. The van der Waals surface area contributed by atoms with E-state index in [1.54, 1.807) is 29.7 Å². The molecule has 2 N–H and O–H groups in total. The first-order valence-electron chi connectivity index (χ1n) is 5.95. The van der Waals surface area contributed by atoms with Crippen LogP contribution in [0.2, 0.25) is 5.02 Å². The fourth-order valence-corrected chi connectivity index (χ4v) is 2.17. The number of aryl methyl sites for hydroxylation is 1. The number of aromatic nitrogens is 1. The summed E-state index contributed by atoms with van der Waals surface area (Å²) in [5.41, 5.74) is 8.08. The number of esters is 1. The van der Waals surface area contributed by atoms with Crippen LogP contribution in [0.25, 0.3) is 5.69 Å². The summed E-state index contributed by atoms with van der Waals surface area (Å²) in [5, 5.41) is 0.614. The Balaban J connectivity index is 2.51. The predicted octanol–water partition coefficient (Wildman–Crippen LogP) is 3.20. The molecule has 0 aliphatic heterocycles. The molecule has 0 saturated carbocycles. The topological polar surface area (TPSA) is 57.2 Å². The Hall–Kier alpha value is -1.94. The lowest BCUT2D eigenvalue weighted by molar-refractivity contribution is 0.0527. The third-order valence-electron chi connectivity index (χ3n) is 2.78. The summed E-state index contributed by atoms with van der Waals surface area (Å²) in [5.74, 6) is -0.0536. The zero-order valence-corrected chi connectivity index (χ0v) is 11.6. The number of nitrogen functional groups attached to an aromatic ring is 1. The van der Waals surface area contributed by atoms with Gasteiger partial charge in [-0.25, -0.2) is 4.79 Å². The highest BCUT2D eigenvalue weighted by Gasteiger charge is 2.18. The molecule has 1 aromatic carbocycles. The monoisotopic (exact) mass is 278 g/mol. The number of carbonyl (C=O) groups is 1. The van der Waals surface area contributed by atoms with Crippen LogP contribution in [0.3, 0.4) is 0 Å². The van der Waals surface area contributed by atoms with Crippen LogP contribution in [0, 0.1) is 6.92 Å². The molecule has 1 heterocycles. The molecule has 0 aliphatic carbocycles. The number of nitrogens with two attached hydrogens (primary N) is 1. The van der Waals surface area contributed by atoms with Gasteiger partial charge in [-0.1, -0.05) is 17.7 Å². The van der Waals surface area contributed by atoms with E-state index in [4.69, 9.17) is 22.1 Å². The summed E-state index contributed by atoms with van der Waals surface area (Å²) in [4.78, 5) is 11.8. The van der Waals surface area contributed by atoms with Crippen LogP contribution in [-0.2, 0) is 4.74 Å². The van der Waals surface area contributed by atoms with Gasteiger partial charge < -0.3 is 15.0 Å². The fourth-order valence-electron chi connectivity index (χ4n) is 1.99. The maximum Gasteiger partial charge on any atom is 0.341 e. The van der Waals surface area contributed by atoms with Gasteiger partial charge in [0.15, 0.2) is 0 Å². The van der Waals surface area contributed by atoms with Crippen molar-refractivity contribution in [3.8, 4) is 5.69 Å². The van der Waals surface area contributed by atoms with Crippen molar-refractivity contribution in [1.29, 1.82) is 0 Å². The van der Waals surface area contributed by atoms with Gasteiger partial charge >= 0.3 is 5.97 Å². The number of benzene rings is 1. The van der Waals surface area contributed by atoms with E-state index >= 15 is 0 Å². The lowest BCUT2D eigenvalue weighted by Gasteiger charge is -2.09. The average molecular weight is 279 g/mol. The Bertz CT molecular complexity index is 620. The Kier molecular flexibility index (Phi) is 3.81. The molecule has 0 bridgehead atoms. The summed E-state index contributed by atoms with van der Waals surface area (Å²) in [6.45, 7) is 3.95. The zero-order valence-electron chi connectivity index (χ0n) is 10.8. The highest BCUT2D eigenvalue weighted by Crippen LogP contribution is 2.25. The predicted molar refractivity (Wildman–Crippen MR) is 75.9 cm³/mol. The minimum Gasteiger partial charge on any atom is -0.462 e. The van der Waals surface area contributed by atoms with E-state index in [0.29, 0.717) is 23.0 Å². The molecular formula is C14H15ClN2O2. The SMILES string of the molecule is CCOC(=O)c1cc(C)n(-c2cccc(Cl)c2)c1N. The lowest BCUT2D eigenvalue weighted by atomic mass is 10.3. The van der Waals surface area contributed by atoms with E-state index in [1.165, 1.54) is 0 Å². The molecule has 0 amide bonds. The molecule has 0 spiro atoms. The second kappa shape index (κ2) is 5.36. The molecule has 0 radical (unpaired) electrons. The van der Waals surface area contributed by atoms with Crippen molar-refractivity contribution >= 4 is 23.4 Å². The van der Waals surface area contributed by atoms with Gasteiger partial charge in [0.2, 0.25) is 0 Å². The van der Waals surface area contributed by atoms with E-state index in [0.717, 1.165) is 11.4 Å². The minimum atomic E-state index is -0.413. The Morgan fingerprint density at radius 2 is 2.16 bits per heavy atom. The molecule has 0 saturated heterocycles. The fraction of sp³-hybridized carbons (Fsp3) is 0.214. The van der Waals surface area contributed by atoms with Gasteiger partial charge in [0.05, 0.1) is 6.61 Å². The van der Waals surface area contributed by atoms with E-state index in [2.05, 4.69) is 0 Å². The number of carbonyl (C=O) groups excluding carboxylic acids is 1. The van der Waals surface area contributed by atoms with Crippen molar-refractivity contribution in [3.05, 3.63) is 46.6 Å². The number of hydrogen-bond donors (Lipinski definition) is 1. The largest absolute Gasteiger partial charge is 0.462 e. The first-order chi connectivity index (χ1) is 9.04. The van der Waals surface area contributed by atoms with Crippen LogP contribution < -0.4 is 5.73 Å². The highest BCUT2D eigenvalue weighted by atomic mass is 35.5. The molecule has 0 atom stereocenters. The Morgan fingerprint density at radius 3 is 2.79 bits per heavy atom. The molecule has 100 valence electrons. The molecule has 1 aromatic heterocycles. The van der Waals surface area contributed by atoms with Gasteiger partial charge in [0.1, 0.15) is 11.4 Å². The van der Waals surface area contributed by atoms with Crippen LogP contribution in [0.4, 0.5) is 5.82 Å². The highest BCUT2D eigenvalue weighted by molar-refractivity contribution is 6.30. The van der Waals surface area contributed by atoms with Crippen LogP contribution in [0.5, 0.6) is 0 Å². The van der Waals surface area contributed by atoms with E-state index in [9.17, 15) is 4.79 Å². The van der Waals surface area contributed by atoms with Gasteiger partial charge in [-0.05, 0) is 38.1 Å². The molecule has 4 nitrogen and oxygen atoms in total. The molecule has 0 unspecified atom stereocenters. The summed E-state index contributed by atoms with van der Waals surface area (Å²) in [7, 11) is 0. The number of anilines is 1. The van der Waals surface area contributed by atoms with Crippen LogP contribution in [0.15, 0.2) is 30.3 Å². The minimum absolute atomic E-state index is 0.319. The molecular weight excluding hydrogens is 264 g/mol. The second-order valence-corrected chi connectivity index (χ2v) is 4.56. The third-order valence-corrected chi connectivity index (χ3v) is 3.02. The molecule has 0 aliphatic rings. The van der Waals surface area contributed by atoms with E-state index < -0.39 is 5.97 Å². The number of halogens is 1. The van der Waals surface area contributed by atoms with E-state index in [1.807, 2.05) is 19.1 Å². The molecule has 2 rings (SSSR count).